The zero-order valence-corrected chi connectivity index (χ0v) is 6.91. The Morgan fingerprint density at radius 3 is 2.92 bits per heavy atom. The van der Waals surface area contributed by atoms with Gasteiger partial charge in [0.15, 0.2) is 0 Å². The van der Waals surface area contributed by atoms with Crippen molar-refractivity contribution in [3.63, 3.8) is 0 Å². The molecule has 0 spiro atoms. The predicted octanol–water partition coefficient (Wildman–Crippen LogP) is 0.984. The predicted molar refractivity (Wildman–Crippen MR) is 42.5 cm³/mol. The Hall–Kier alpha value is -1.06. The lowest BCUT2D eigenvalue weighted by Gasteiger charge is -2.11. The molecular weight excluding hydrogens is 158 g/mol. The van der Waals surface area contributed by atoms with Crippen LogP contribution in [0.15, 0.2) is 0 Å². The van der Waals surface area contributed by atoms with Crippen molar-refractivity contribution in [1.29, 1.82) is 0 Å². The van der Waals surface area contributed by atoms with Crippen molar-refractivity contribution in [2.24, 2.45) is 5.73 Å². The molecule has 0 bridgehead atoms. The van der Waals surface area contributed by atoms with Gasteiger partial charge in [0.25, 0.3) is 0 Å². The van der Waals surface area contributed by atoms with Crippen molar-refractivity contribution in [3.8, 4) is 0 Å². The van der Waals surface area contributed by atoms with Gasteiger partial charge in [0.2, 0.25) is 0 Å². The second-order valence-corrected chi connectivity index (χ2v) is 3.05. The van der Waals surface area contributed by atoms with Crippen LogP contribution in [-0.4, -0.2) is 18.0 Å². The normalized spacial score (nSPS) is 24.7. The van der Waals surface area contributed by atoms with Crippen LogP contribution in [0.5, 0.6) is 0 Å². The summed E-state index contributed by atoms with van der Waals surface area (Å²) in [7, 11) is 0. The molecule has 1 unspecified atom stereocenters. The van der Waals surface area contributed by atoms with E-state index < -0.39 is 6.09 Å². The van der Waals surface area contributed by atoms with Gasteiger partial charge < -0.3 is 10.5 Å². The maximum atomic E-state index is 11.0. The fraction of sp³-hybridized carbons (Fsp3) is 0.750. The average Bonchev–Trinajstić information content (AvgIpc) is 2.12. The lowest BCUT2D eigenvalue weighted by atomic mass is 10.1. The van der Waals surface area contributed by atoms with E-state index in [-0.39, 0.29) is 11.9 Å². The van der Waals surface area contributed by atoms with Crippen LogP contribution in [-0.2, 0) is 9.53 Å². The Balaban J connectivity index is 2.41. The number of ether oxygens (including phenoxy) is 1. The van der Waals surface area contributed by atoms with Crippen LogP contribution in [0.3, 0.4) is 0 Å². The van der Waals surface area contributed by atoms with Crippen LogP contribution in [0, 0.1) is 0 Å². The first-order chi connectivity index (χ1) is 5.68. The van der Waals surface area contributed by atoms with Gasteiger partial charge in [-0.25, -0.2) is 4.79 Å². The highest BCUT2D eigenvalue weighted by Crippen LogP contribution is 2.17. The smallest absolute Gasteiger partial charge is 0.404 e. The molecule has 4 nitrogen and oxygen atoms in total. The molecule has 1 aliphatic carbocycles. The Bertz CT molecular complexity index is 191. The number of rotatable bonds is 1. The molecule has 1 atom stereocenters. The first kappa shape index (κ1) is 9.03. The minimum absolute atomic E-state index is 0.166. The number of carbonyl (C=O) groups is 2. The van der Waals surface area contributed by atoms with Crippen molar-refractivity contribution >= 4 is 11.9 Å². The highest BCUT2D eigenvalue weighted by Gasteiger charge is 2.19. The monoisotopic (exact) mass is 171 g/mol. The summed E-state index contributed by atoms with van der Waals surface area (Å²) >= 11 is 0. The van der Waals surface area contributed by atoms with Gasteiger partial charge in [-0.1, -0.05) is 0 Å². The van der Waals surface area contributed by atoms with Crippen LogP contribution >= 0.6 is 0 Å². The first-order valence-corrected chi connectivity index (χ1v) is 4.16. The number of hydrogen-bond donors (Lipinski definition) is 1. The van der Waals surface area contributed by atoms with Crippen molar-refractivity contribution < 1.29 is 14.3 Å². The molecule has 1 fully saturated rings. The third-order valence-electron chi connectivity index (χ3n) is 1.97. The van der Waals surface area contributed by atoms with Gasteiger partial charge in [-0.05, 0) is 19.3 Å². The molecule has 68 valence electrons. The zero-order valence-electron chi connectivity index (χ0n) is 6.91. The zero-order chi connectivity index (χ0) is 8.97. The summed E-state index contributed by atoms with van der Waals surface area (Å²) in [5.74, 6) is 0.166. The van der Waals surface area contributed by atoms with Gasteiger partial charge in [0.05, 0.1) is 0 Å². The summed E-state index contributed by atoms with van der Waals surface area (Å²) < 4.78 is 4.76. The van der Waals surface area contributed by atoms with Crippen molar-refractivity contribution in [2.45, 2.75) is 38.2 Å². The lowest BCUT2D eigenvalue weighted by molar-refractivity contribution is -0.120. The molecule has 0 heterocycles. The average molecular weight is 171 g/mol. The van der Waals surface area contributed by atoms with Crippen molar-refractivity contribution in [3.05, 3.63) is 0 Å². The maximum absolute atomic E-state index is 11.0. The van der Waals surface area contributed by atoms with E-state index >= 15 is 0 Å². The van der Waals surface area contributed by atoms with E-state index in [4.69, 9.17) is 10.5 Å². The summed E-state index contributed by atoms with van der Waals surface area (Å²) in [5, 5.41) is 0. The van der Waals surface area contributed by atoms with Crippen LogP contribution in [0.4, 0.5) is 4.79 Å². The number of amides is 1. The molecule has 1 saturated carbocycles. The summed E-state index contributed by atoms with van der Waals surface area (Å²) in [6.45, 7) is 0. The fourth-order valence-corrected chi connectivity index (χ4v) is 1.42. The molecule has 0 aliphatic heterocycles. The molecule has 0 aromatic heterocycles. The molecule has 1 rings (SSSR count). The SMILES string of the molecule is NC(=O)OC1CCCCC(=O)C1. The molecular formula is C8H13NO3. The summed E-state index contributed by atoms with van der Waals surface area (Å²) in [5.41, 5.74) is 4.85. The van der Waals surface area contributed by atoms with Gasteiger partial charge in [0.1, 0.15) is 11.9 Å². The Labute approximate surface area is 71.1 Å². The third kappa shape index (κ3) is 2.90. The largest absolute Gasteiger partial charge is 0.446 e. The second-order valence-electron chi connectivity index (χ2n) is 3.05. The topological polar surface area (TPSA) is 69.4 Å². The molecule has 0 aromatic rings. The molecule has 0 aromatic carbocycles. The summed E-state index contributed by atoms with van der Waals surface area (Å²) in [6, 6.07) is 0. The molecule has 0 saturated heterocycles. The number of ketones is 1. The third-order valence-corrected chi connectivity index (χ3v) is 1.97. The Morgan fingerprint density at radius 2 is 2.25 bits per heavy atom. The van der Waals surface area contributed by atoms with E-state index in [1.54, 1.807) is 0 Å². The van der Waals surface area contributed by atoms with Crippen LogP contribution < -0.4 is 5.73 Å². The van der Waals surface area contributed by atoms with E-state index in [2.05, 4.69) is 0 Å². The fourth-order valence-electron chi connectivity index (χ4n) is 1.42. The molecule has 0 radical (unpaired) electrons. The highest BCUT2D eigenvalue weighted by atomic mass is 16.6. The highest BCUT2D eigenvalue weighted by molar-refractivity contribution is 5.79. The van der Waals surface area contributed by atoms with Gasteiger partial charge in [-0.3, -0.25) is 4.79 Å². The quantitative estimate of drug-likeness (QED) is 0.598. The van der Waals surface area contributed by atoms with E-state index in [1.807, 2.05) is 0 Å². The van der Waals surface area contributed by atoms with E-state index in [0.29, 0.717) is 12.8 Å². The van der Waals surface area contributed by atoms with Crippen LogP contribution in [0.2, 0.25) is 0 Å². The van der Waals surface area contributed by atoms with Crippen molar-refractivity contribution in [2.75, 3.05) is 0 Å². The number of carbonyl (C=O) groups excluding carboxylic acids is 2. The van der Waals surface area contributed by atoms with Crippen LogP contribution in [0.25, 0.3) is 0 Å². The first-order valence-electron chi connectivity index (χ1n) is 4.16. The summed E-state index contributed by atoms with van der Waals surface area (Å²) in [4.78, 5) is 21.4. The van der Waals surface area contributed by atoms with Gasteiger partial charge >= 0.3 is 6.09 Å². The molecule has 2 N–H and O–H groups in total. The molecule has 4 heteroatoms. The van der Waals surface area contributed by atoms with E-state index in [9.17, 15) is 9.59 Å². The van der Waals surface area contributed by atoms with Crippen LogP contribution in [0.1, 0.15) is 32.1 Å². The number of primary amides is 1. The van der Waals surface area contributed by atoms with Gasteiger partial charge in [-0.2, -0.15) is 0 Å². The minimum Gasteiger partial charge on any atom is -0.446 e. The Morgan fingerprint density at radius 1 is 1.50 bits per heavy atom. The molecule has 1 aliphatic rings. The minimum atomic E-state index is -0.783. The molecule has 1 amide bonds. The number of nitrogens with two attached hydrogens (primary N) is 1. The second kappa shape index (κ2) is 4.09. The Kier molecular flexibility index (Phi) is 3.08. The van der Waals surface area contributed by atoms with E-state index in [0.717, 1.165) is 19.3 Å². The summed E-state index contributed by atoms with van der Waals surface area (Å²) in [6.07, 6.45) is 2.48. The molecule has 12 heavy (non-hydrogen) atoms. The van der Waals surface area contributed by atoms with Crippen molar-refractivity contribution in [1.82, 2.24) is 0 Å². The van der Waals surface area contributed by atoms with E-state index in [1.165, 1.54) is 0 Å². The van der Waals surface area contributed by atoms with Gasteiger partial charge in [0, 0.05) is 12.8 Å². The number of hydrogen-bond acceptors (Lipinski definition) is 3. The lowest BCUT2D eigenvalue weighted by Crippen LogP contribution is -2.23. The van der Waals surface area contributed by atoms with Gasteiger partial charge in [-0.15, -0.1) is 0 Å². The number of Topliss-reactive ketones (excluding diaryl/α,β-unsaturated/α-hetero) is 1. The standard InChI is InChI=1S/C8H13NO3/c9-8(11)12-7-4-2-1-3-6(10)5-7/h7H,1-5H2,(H2,9,11). The maximum Gasteiger partial charge on any atom is 0.404 e.